The zero-order chi connectivity index (χ0) is 14.8. The molecule has 7 nitrogen and oxygen atoms in total. The molecule has 0 bridgehead atoms. The van der Waals surface area contributed by atoms with Crippen LogP contribution in [0.2, 0.25) is 0 Å². The summed E-state index contributed by atoms with van der Waals surface area (Å²) in [5, 5.41) is 11.2. The number of hydrogen-bond acceptors (Lipinski definition) is 6. The van der Waals surface area contributed by atoms with Crippen LogP contribution in [0.1, 0.15) is 38.4 Å². The Morgan fingerprint density at radius 3 is 2.90 bits per heavy atom. The minimum atomic E-state index is -0.191. The molecule has 1 aliphatic carbocycles. The van der Waals surface area contributed by atoms with Gasteiger partial charge in [-0.2, -0.15) is 0 Å². The fourth-order valence-corrected chi connectivity index (χ4v) is 2.95. The van der Waals surface area contributed by atoms with Gasteiger partial charge in [0.25, 0.3) is 0 Å². The van der Waals surface area contributed by atoms with E-state index < -0.39 is 0 Å². The lowest BCUT2D eigenvalue weighted by Crippen LogP contribution is -2.16. The van der Waals surface area contributed by atoms with Crippen LogP contribution in [0.25, 0.3) is 0 Å². The molecule has 21 heavy (non-hydrogen) atoms. The van der Waals surface area contributed by atoms with E-state index in [4.69, 9.17) is 0 Å². The van der Waals surface area contributed by atoms with Crippen molar-refractivity contribution in [3.05, 3.63) is 22.4 Å². The molecule has 0 spiro atoms. The van der Waals surface area contributed by atoms with Crippen LogP contribution in [0.15, 0.2) is 21.0 Å². The third-order valence-electron chi connectivity index (χ3n) is 3.26. The van der Waals surface area contributed by atoms with E-state index in [9.17, 15) is 4.79 Å². The van der Waals surface area contributed by atoms with Crippen molar-refractivity contribution in [1.82, 2.24) is 24.7 Å². The predicted molar refractivity (Wildman–Crippen MR) is 80.8 cm³/mol. The van der Waals surface area contributed by atoms with Crippen LogP contribution in [0.4, 0.5) is 5.82 Å². The van der Waals surface area contributed by atoms with Gasteiger partial charge in [0.1, 0.15) is 16.7 Å². The average molecular weight is 306 g/mol. The number of nitrogens with one attached hydrogen (secondary N) is 2. The Morgan fingerprint density at radius 1 is 1.43 bits per heavy atom. The predicted octanol–water partition coefficient (Wildman–Crippen LogP) is 1.84. The Bertz CT molecular complexity index is 690. The van der Waals surface area contributed by atoms with Gasteiger partial charge in [-0.1, -0.05) is 0 Å². The van der Waals surface area contributed by atoms with Gasteiger partial charge in [0, 0.05) is 25.1 Å². The van der Waals surface area contributed by atoms with Crippen LogP contribution in [-0.2, 0) is 6.54 Å². The molecule has 3 rings (SSSR count). The maximum Gasteiger partial charge on any atom is 0.343 e. The highest BCUT2D eigenvalue weighted by Crippen LogP contribution is 2.39. The molecule has 2 aromatic rings. The lowest BCUT2D eigenvalue weighted by Gasteiger charge is -2.08. The van der Waals surface area contributed by atoms with Crippen LogP contribution in [0.3, 0.4) is 0 Å². The van der Waals surface area contributed by atoms with Gasteiger partial charge in [-0.05, 0) is 38.5 Å². The van der Waals surface area contributed by atoms with Crippen LogP contribution >= 0.6 is 11.8 Å². The second-order valence-electron chi connectivity index (χ2n) is 4.91. The molecule has 2 N–H and O–H groups in total. The number of aromatic nitrogens is 5. The Balaban J connectivity index is 1.91. The van der Waals surface area contributed by atoms with E-state index in [2.05, 4.69) is 25.5 Å². The first-order valence-electron chi connectivity index (χ1n) is 7.17. The number of H-pyrrole nitrogens is 1. The van der Waals surface area contributed by atoms with Gasteiger partial charge in [0.15, 0.2) is 5.16 Å². The van der Waals surface area contributed by atoms with Crippen molar-refractivity contribution in [2.75, 3.05) is 11.9 Å². The first-order chi connectivity index (χ1) is 10.2. The lowest BCUT2D eigenvalue weighted by molar-refractivity contribution is 0.660. The number of anilines is 1. The van der Waals surface area contributed by atoms with E-state index in [0.29, 0.717) is 17.6 Å². The van der Waals surface area contributed by atoms with Gasteiger partial charge in [-0.3, -0.25) is 4.57 Å². The van der Waals surface area contributed by atoms with Gasteiger partial charge < -0.3 is 5.32 Å². The van der Waals surface area contributed by atoms with E-state index in [1.807, 2.05) is 19.9 Å². The van der Waals surface area contributed by atoms with Crippen molar-refractivity contribution in [3.63, 3.8) is 0 Å². The molecule has 0 radical (unpaired) electrons. The highest BCUT2D eigenvalue weighted by Gasteiger charge is 2.27. The number of hydrogen-bond donors (Lipinski definition) is 2. The molecule has 1 aliphatic rings. The molecular formula is C13H18N6OS. The highest BCUT2D eigenvalue weighted by molar-refractivity contribution is 7.99. The van der Waals surface area contributed by atoms with Crippen LogP contribution in [-0.4, -0.2) is 31.3 Å². The summed E-state index contributed by atoms with van der Waals surface area (Å²) in [7, 11) is 0. The van der Waals surface area contributed by atoms with E-state index in [1.54, 1.807) is 4.57 Å². The highest BCUT2D eigenvalue weighted by atomic mass is 32.2. The first kappa shape index (κ1) is 14.1. The normalized spacial score (nSPS) is 14.4. The van der Waals surface area contributed by atoms with Crippen LogP contribution < -0.4 is 11.0 Å². The lowest BCUT2D eigenvalue weighted by atomic mass is 10.4. The summed E-state index contributed by atoms with van der Waals surface area (Å²) in [4.78, 5) is 20.7. The fourth-order valence-electron chi connectivity index (χ4n) is 2.04. The molecule has 1 saturated carbocycles. The fraction of sp³-hybridized carbons (Fsp3) is 0.538. The molecule has 0 saturated heterocycles. The van der Waals surface area contributed by atoms with Crippen molar-refractivity contribution in [3.8, 4) is 0 Å². The van der Waals surface area contributed by atoms with Crippen molar-refractivity contribution in [2.45, 2.75) is 49.3 Å². The van der Waals surface area contributed by atoms with Gasteiger partial charge in [-0.25, -0.2) is 19.9 Å². The molecule has 0 aliphatic heterocycles. The SMILES string of the molecule is CCNc1cc(Sc2n[nH]c(=O)n2CC)nc(C2CC2)n1. The topological polar surface area (TPSA) is 88.5 Å². The van der Waals surface area contributed by atoms with Gasteiger partial charge in [0.05, 0.1) is 0 Å². The summed E-state index contributed by atoms with van der Waals surface area (Å²) >= 11 is 1.39. The minimum absolute atomic E-state index is 0.191. The summed E-state index contributed by atoms with van der Waals surface area (Å²) in [5.74, 6) is 2.20. The zero-order valence-corrected chi connectivity index (χ0v) is 12.9. The van der Waals surface area contributed by atoms with Crippen molar-refractivity contribution in [2.24, 2.45) is 0 Å². The monoisotopic (exact) mass is 306 g/mol. The molecular weight excluding hydrogens is 288 g/mol. The van der Waals surface area contributed by atoms with E-state index >= 15 is 0 Å². The molecule has 1 fully saturated rings. The smallest absolute Gasteiger partial charge is 0.343 e. The summed E-state index contributed by atoms with van der Waals surface area (Å²) in [5.41, 5.74) is -0.191. The molecule has 8 heteroatoms. The van der Waals surface area contributed by atoms with E-state index in [0.717, 1.165) is 36.1 Å². The number of nitrogens with zero attached hydrogens (tertiary/aromatic N) is 4. The third-order valence-corrected chi connectivity index (χ3v) is 4.17. The molecule has 112 valence electrons. The molecule has 0 aromatic carbocycles. The maximum absolute atomic E-state index is 11.6. The summed E-state index contributed by atoms with van der Waals surface area (Å²) in [6.07, 6.45) is 2.31. The Labute approximate surface area is 126 Å². The van der Waals surface area contributed by atoms with Crippen molar-refractivity contribution in [1.29, 1.82) is 0 Å². The van der Waals surface area contributed by atoms with Crippen molar-refractivity contribution >= 4 is 17.6 Å². The molecule has 0 atom stereocenters. The zero-order valence-electron chi connectivity index (χ0n) is 12.1. The molecule has 0 amide bonds. The van der Waals surface area contributed by atoms with Gasteiger partial charge in [-0.15, -0.1) is 5.10 Å². The molecule has 2 heterocycles. The second kappa shape index (κ2) is 5.88. The van der Waals surface area contributed by atoms with Crippen molar-refractivity contribution < 1.29 is 0 Å². The van der Waals surface area contributed by atoms with Crippen LogP contribution in [0, 0.1) is 0 Å². The van der Waals surface area contributed by atoms with Gasteiger partial charge >= 0.3 is 5.69 Å². The second-order valence-corrected chi connectivity index (χ2v) is 5.90. The van der Waals surface area contributed by atoms with Crippen LogP contribution in [0.5, 0.6) is 0 Å². The number of aromatic amines is 1. The summed E-state index contributed by atoms with van der Waals surface area (Å²) in [6.45, 7) is 5.35. The molecule has 0 unspecified atom stereocenters. The Morgan fingerprint density at radius 2 is 2.24 bits per heavy atom. The van der Waals surface area contributed by atoms with E-state index in [-0.39, 0.29) is 5.69 Å². The number of rotatable bonds is 6. The average Bonchev–Trinajstić information content (AvgIpc) is 3.25. The summed E-state index contributed by atoms with van der Waals surface area (Å²) < 4.78 is 1.59. The Kier molecular flexibility index (Phi) is 3.96. The van der Waals surface area contributed by atoms with E-state index in [1.165, 1.54) is 11.8 Å². The quantitative estimate of drug-likeness (QED) is 0.792. The molecule has 2 aromatic heterocycles. The third kappa shape index (κ3) is 3.10. The van der Waals surface area contributed by atoms with Gasteiger partial charge in [0.2, 0.25) is 0 Å². The maximum atomic E-state index is 11.6. The summed E-state index contributed by atoms with van der Waals surface area (Å²) in [6, 6.07) is 1.90. The largest absolute Gasteiger partial charge is 0.370 e. The first-order valence-corrected chi connectivity index (χ1v) is 7.98. The standard InChI is InChI=1S/C13H18N6OS/c1-3-14-9-7-10(16-11(15-9)8-5-6-8)21-13-18-17-12(20)19(13)4-2/h7-8H,3-6H2,1-2H3,(H,17,20)(H,14,15,16). The minimum Gasteiger partial charge on any atom is -0.370 e. The Hall–Kier alpha value is -1.83.